The van der Waals surface area contributed by atoms with E-state index in [0.717, 1.165) is 10.7 Å². The van der Waals surface area contributed by atoms with Crippen molar-refractivity contribution < 1.29 is 55.3 Å². The Kier molecular flexibility index (Phi) is 9.34. The predicted octanol–water partition coefficient (Wildman–Crippen LogP) is 4.86. The number of halogens is 5. The van der Waals surface area contributed by atoms with Crippen molar-refractivity contribution in [2.75, 3.05) is 19.7 Å². The number of likely N-dealkylation sites (tertiary alicyclic amines) is 1. The first-order valence-electron chi connectivity index (χ1n) is 14.4. The normalized spacial score (nSPS) is 15.8. The third kappa shape index (κ3) is 7.84. The number of carbonyl (C=O) groups excluding carboxylic acids is 3. The van der Waals surface area contributed by atoms with E-state index in [0.29, 0.717) is 18.4 Å². The van der Waals surface area contributed by atoms with E-state index < -0.39 is 36.1 Å². The summed E-state index contributed by atoms with van der Waals surface area (Å²) < 4.78 is 88.1. The molecule has 0 spiro atoms. The maximum Gasteiger partial charge on any atom is 0.586 e. The highest BCUT2D eigenvalue weighted by Gasteiger charge is 2.43. The average Bonchev–Trinajstić information content (AvgIpc) is 3.58. The Hall–Kier alpha value is -4.89. The van der Waals surface area contributed by atoms with Crippen LogP contribution in [-0.4, -0.2) is 64.6 Å². The van der Waals surface area contributed by atoms with Crippen molar-refractivity contribution in [3.8, 4) is 23.1 Å². The minimum absolute atomic E-state index is 0.00834. The molecule has 2 aliphatic rings. The monoisotopic (exact) mass is 652 g/mol. The summed E-state index contributed by atoms with van der Waals surface area (Å²) in [7, 11) is 0. The van der Waals surface area contributed by atoms with E-state index in [2.05, 4.69) is 19.9 Å². The molecule has 1 N–H and O–H groups in total. The third-order valence-electron chi connectivity index (χ3n) is 7.17. The minimum atomic E-state index is -4.78. The van der Waals surface area contributed by atoms with Crippen LogP contribution in [0.4, 0.5) is 22.0 Å². The van der Waals surface area contributed by atoms with Gasteiger partial charge in [-0.05, 0) is 42.8 Å². The van der Waals surface area contributed by atoms with Crippen LogP contribution in [-0.2, 0) is 27.0 Å². The second kappa shape index (κ2) is 13.2. The summed E-state index contributed by atoms with van der Waals surface area (Å²) in [4.78, 5) is 38.5. The van der Waals surface area contributed by atoms with Gasteiger partial charge in [-0.1, -0.05) is 12.1 Å². The van der Waals surface area contributed by atoms with E-state index in [1.54, 1.807) is 11.8 Å². The van der Waals surface area contributed by atoms with Crippen molar-refractivity contribution in [2.45, 2.75) is 57.7 Å². The number of carbonyl (C=O) groups is 3. The summed E-state index contributed by atoms with van der Waals surface area (Å²) in [5, 5.41) is 6.32. The molecule has 16 heteroatoms. The molecule has 2 aromatic carbocycles. The van der Waals surface area contributed by atoms with Crippen LogP contribution < -0.4 is 19.5 Å². The number of rotatable bonds is 10. The molecule has 0 radical (unpaired) electrons. The number of benzene rings is 2. The van der Waals surface area contributed by atoms with Gasteiger partial charge >= 0.3 is 18.4 Å². The largest absolute Gasteiger partial charge is 0.586 e. The summed E-state index contributed by atoms with van der Waals surface area (Å²) in [5.41, 5.74) is -0.546. The first-order valence-corrected chi connectivity index (χ1v) is 14.4. The molecule has 2 amide bonds. The fourth-order valence-corrected chi connectivity index (χ4v) is 4.93. The standard InChI is InChI=1S/C30H29F5N4O7/c1-2-43-27(41)9-8-25(40)38-12-10-21(11-13-38)44-26-16-24(29(31,32)33)37-39(26)20-5-3-4-19(15-20)28(42)36-17-18-6-7-22-23(14-18)46-30(34,35)45-22/h3-7,14-16,21H,2,8-13,17H2,1H3,(H,36,42). The van der Waals surface area contributed by atoms with Gasteiger partial charge in [0, 0.05) is 50.5 Å². The van der Waals surface area contributed by atoms with E-state index in [4.69, 9.17) is 9.47 Å². The zero-order valence-electron chi connectivity index (χ0n) is 24.4. The van der Waals surface area contributed by atoms with Crippen molar-refractivity contribution >= 4 is 17.8 Å². The van der Waals surface area contributed by atoms with Crippen LogP contribution in [0.3, 0.4) is 0 Å². The predicted molar refractivity (Wildman–Crippen MR) is 148 cm³/mol. The van der Waals surface area contributed by atoms with Crippen LogP contribution in [0.25, 0.3) is 5.69 Å². The van der Waals surface area contributed by atoms with Gasteiger partial charge in [-0.2, -0.15) is 18.3 Å². The molecule has 0 saturated carbocycles. The molecular formula is C30H29F5N4O7. The van der Waals surface area contributed by atoms with Gasteiger partial charge in [0.05, 0.1) is 18.7 Å². The number of nitrogens with zero attached hydrogens (tertiary/aromatic N) is 3. The van der Waals surface area contributed by atoms with Crippen LogP contribution in [0, 0.1) is 0 Å². The number of hydrogen-bond acceptors (Lipinski definition) is 8. The molecule has 3 heterocycles. The number of piperidine rings is 1. The van der Waals surface area contributed by atoms with Crippen molar-refractivity contribution in [3.05, 3.63) is 65.4 Å². The van der Waals surface area contributed by atoms with Gasteiger partial charge in [0.25, 0.3) is 5.91 Å². The first-order chi connectivity index (χ1) is 21.8. The highest BCUT2D eigenvalue weighted by molar-refractivity contribution is 5.94. The number of fused-ring (bicyclic) bond motifs is 1. The summed E-state index contributed by atoms with van der Waals surface area (Å²) in [6.45, 7) is 2.39. The smallest absolute Gasteiger partial charge is 0.474 e. The number of alkyl halides is 5. The Morgan fingerprint density at radius 3 is 2.48 bits per heavy atom. The number of esters is 1. The van der Waals surface area contributed by atoms with E-state index in [1.165, 1.54) is 42.5 Å². The van der Waals surface area contributed by atoms with E-state index in [1.807, 2.05) is 0 Å². The molecule has 11 nitrogen and oxygen atoms in total. The molecule has 246 valence electrons. The Bertz CT molecular complexity index is 1600. The Morgan fingerprint density at radius 2 is 1.76 bits per heavy atom. The zero-order valence-corrected chi connectivity index (χ0v) is 24.4. The Morgan fingerprint density at radius 1 is 1.02 bits per heavy atom. The topological polar surface area (TPSA) is 121 Å². The maximum absolute atomic E-state index is 13.7. The average molecular weight is 653 g/mol. The lowest BCUT2D eigenvalue weighted by Gasteiger charge is -2.32. The number of amides is 2. The lowest BCUT2D eigenvalue weighted by atomic mass is 10.1. The summed E-state index contributed by atoms with van der Waals surface area (Å²) >= 11 is 0. The second-order valence-electron chi connectivity index (χ2n) is 10.5. The van der Waals surface area contributed by atoms with Crippen molar-refractivity contribution in [3.63, 3.8) is 0 Å². The van der Waals surface area contributed by atoms with Crippen molar-refractivity contribution in [2.24, 2.45) is 0 Å². The SMILES string of the molecule is CCOC(=O)CCC(=O)N1CCC(Oc2cc(C(F)(F)F)nn2-c2cccc(C(=O)NCc3ccc4c(c3)OC(F)(F)O4)c2)CC1. The molecule has 0 unspecified atom stereocenters. The van der Waals surface area contributed by atoms with Gasteiger partial charge in [-0.15, -0.1) is 8.78 Å². The molecule has 2 aliphatic heterocycles. The van der Waals surface area contributed by atoms with Crippen molar-refractivity contribution in [1.29, 1.82) is 0 Å². The van der Waals surface area contributed by atoms with Crippen molar-refractivity contribution in [1.82, 2.24) is 20.0 Å². The highest BCUT2D eigenvalue weighted by atomic mass is 19.4. The first kappa shape index (κ1) is 32.5. The molecule has 46 heavy (non-hydrogen) atoms. The fourth-order valence-electron chi connectivity index (χ4n) is 4.93. The minimum Gasteiger partial charge on any atom is -0.474 e. The molecule has 0 aliphatic carbocycles. The molecule has 0 bridgehead atoms. The molecule has 1 aromatic heterocycles. The van der Waals surface area contributed by atoms with Gasteiger partial charge < -0.3 is 29.2 Å². The molecule has 0 atom stereocenters. The molecular weight excluding hydrogens is 623 g/mol. The van der Waals surface area contributed by atoms with Gasteiger partial charge in [-0.3, -0.25) is 14.4 Å². The van der Waals surface area contributed by atoms with Gasteiger partial charge in [0.1, 0.15) is 6.10 Å². The van der Waals surface area contributed by atoms with Crippen LogP contribution in [0.1, 0.15) is 54.2 Å². The van der Waals surface area contributed by atoms with Gasteiger partial charge in [0.15, 0.2) is 17.2 Å². The molecule has 3 aromatic rings. The third-order valence-corrected chi connectivity index (χ3v) is 7.17. The molecule has 5 rings (SSSR count). The number of ether oxygens (including phenoxy) is 4. The molecule has 1 fully saturated rings. The summed E-state index contributed by atoms with van der Waals surface area (Å²) in [6.07, 6.45) is -8.48. The summed E-state index contributed by atoms with van der Waals surface area (Å²) in [6, 6.07) is 10.5. The summed E-state index contributed by atoms with van der Waals surface area (Å²) in [5.74, 6) is -1.82. The lowest BCUT2D eigenvalue weighted by Crippen LogP contribution is -2.42. The zero-order chi connectivity index (χ0) is 33.1. The lowest BCUT2D eigenvalue weighted by molar-refractivity contribution is -0.286. The quantitative estimate of drug-likeness (QED) is 0.244. The fraction of sp³-hybridized carbons (Fsp3) is 0.400. The Labute approximate surface area is 259 Å². The van der Waals surface area contributed by atoms with Crippen LogP contribution in [0.5, 0.6) is 17.4 Å². The number of nitrogens with one attached hydrogen (secondary N) is 1. The number of hydrogen-bond donors (Lipinski definition) is 1. The Balaban J connectivity index is 1.24. The van der Waals surface area contributed by atoms with Gasteiger partial charge in [0.2, 0.25) is 11.8 Å². The maximum atomic E-state index is 13.7. The van der Waals surface area contributed by atoms with E-state index in [9.17, 15) is 36.3 Å². The second-order valence-corrected chi connectivity index (χ2v) is 10.5. The van der Waals surface area contributed by atoms with Gasteiger partial charge in [-0.25, -0.2) is 4.68 Å². The van der Waals surface area contributed by atoms with E-state index >= 15 is 0 Å². The van der Waals surface area contributed by atoms with Crippen LogP contribution >= 0.6 is 0 Å². The molecule has 1 saturated heterocycles. The highest BCUT2D eigenvalue weighted by Crippen LogP contribution is 2.41. The van der Waals surface area contributed by atoms with E-state index in [-0.39, 0.29) is 73.6 Å². The van der Waals surface area contributed by atoms with Crippen LogP contribution in [0.15, 0.2) is 48.5 Å². The van der Waals surface area contributed by atoms with Crippen LogP contribution in [0.2, 0.25) is 0 Å². The number of aromatic nitrogens is 2.